The zero-order valence-corrected chi connectivity index (χ0v) is 16.9. The Morgan fingerprint density at radius 3 is 1.96 bits per heavy atom. The predicted molar refractivity (Wildman–Crippen MR) is 106 cm³/mol. The SMILES string of the molecule is C=C(C)C(=O)SCCCCCCN(CCCCCNC(C)=O)C(C)=O. The minimum Gasteiger partial charge on any atom is -0.356 e. The van der Waals surface area contributed by atoms with Crippen LogP contribution in [0, 0.1) is 0 Å². The normalized spacial score (nSPS) is 10.4. The van der Waals surface area contributed by atoms with Crippen molar-refractivity contribution in [3.8, 4) is 0 Å². The number of carbonyl (C=O) groups excluding carboxylic acids is 3. The van der Waals surface area contributed by atoms with Gasteiger partial charge in [-0.15, -0.1) is 0 Å². The summed E-state index contributed by atoms with van der Waals surface area (Å²) in [6.45, 7) is 10.8. The Bertz CT molecular complexity index is 438. The molecule has 1 N–H and O–H groups in total. The van der Waals surface area contributed by atoms with Crippen molar-refractivity contribution in [2.24, 2.45) is 0 Å². The molecule has 0 aromatic heterocycles. The molecule has 0 spiro atoms. The molecule has 0 saturated heterocycles. The van der Waals surface area contributed by atoms with E-state index in [1.54, 1.807) is 13.8 Å². The summed E-state index contributed by atoms with van der Waals surface area (Å²) in [6.07, 6.45) is 7.12. The minimum atomic E-state index is 0.00718. The van der Waals surface area contributed by atoms with Gasteiger partial charge in [-0.25, -0.2) is 0 Å². The Kier molecular flexibility index (Phi) is 14.2. The van der Waals surface area contributed by atoms with Crippen molar-refractivity contribution in [2.75, 3.05) is 25.4 Å². The van der Waals surface area contributed by atoms with Gasteiger partial charge in [-0.05, 0) is 44.6 Å². The van der Waals surface area contributed by atoms with Gasteiger partial charge in [0.25, 0.3) is 0 Å². The number of hydrogen-bond acceptors (Lipinski definition) is 4. The monoisotopic (exact) mass is 370 g/mol. The molecule has 0 heterocycles. The number of rotatable bonds is 14. The smallest absolute Gasteiger partial charge is 0.219 e. The summed E-state index contributed by atoms with van der Waals surface area (Å²) >= 11 is 1.34. The van der Waals surface area contributed by atoms with Crippen molar-refractivity contribution >= 4 is 28.7 Å². The van der Waals surface area contributed by atoms with Gasteiger partial charge in [-0.3, -0.25) is 14.4 Å². The zero-order valence-electron chi connectivity index (χ0n) is 16.1. The first-order valence-electron chi connectivity index (χ1n) is 9.17. The molecule has 0 aliphatic heterocycles. The number of thioether (sulfide) groups is 1. The van der Waals surface area contributed by atoms with E-state index in [2.05, 4.69) is 11.9 Å². The van der Waals surface area contributed by atoms with Gasteiger partial charge in [-0.1, -0.05) is 31.2 Å². The van der Waals surface area contributed by atoms with Crippen molar-refractivity contribution in [1.29, 1.82) is 0 Å². The van der Waals surface area contributed by atoms with E-state index < -0.39 is 0 Å². The molecule has 5 nitrogen and oxygen atoms in total. The molecule has 6 heteroatoms. The molecule has 0 aromatic rings. The molecule has 0 aromatic carbocycles. The van der Waals surface area contributed by atoms with E-state index in [9.17, 15) is 14.4 Å². The van der Waals surface area contributed by atoms with Gasteiger partial charge < -0.3 is 10.2 Å². The van der Waals surface area contributed by atoms with Crippen LogP contribution >= 0.6 is 11.8 Å². The average molecular weight is 371 g/mol. The molecule has 0 unspecified atom stereocenters. The van der Waals surface area contributed by atoms with Crippen molar-refractivity contribution in [3.05, 3.63) is 12.2 Å². The van der Waals surface area contributed by atoms with E-state index in [1.807, 2.05) is 4.90 Å². The number of amides is 2. The summed E-state index contributed by atoms with van der Waals surface area (Å²) in [7, 11) is 0. The molecular weight excluding hydrogens is 336 g/mol. The lowest BCUT2D eigenvalue weighted by molar-refractivity contribution is -0.129. The number of unbranched alkanes of at least 4 members (excludes halogenated alkanes) is 5. The second kappa shape index (κ2) is 15.0. The van der Waals surface area contributed by atoms with Crippen LogP contribution in [0.5, 0.6) is 0 Å². The summed E-state index contributed by atoms with van der Waals surface area (Å²) in [5, 5.41) is 2.87. The first-order valence-corrected chi connectivity index (χ1v) is 10.2. The van der Waals surface area contributed by atoms with E-state index in [4.69, 9.17) is 0 Å². The second-order valence-corrected chi connectivity index (χ2v) is 7.45. The van der Waals surface area contributed by atoms with E-state index in [-0.39, 0.29) is 16.9 Å². The molecule has 2 amide bonds. The number of nitrogens with one attached hydrogen (secondary N) is 1. The Morgan fingerprint density at radius 1 is 0.880 bits per heavy atom. The van der Waals surface area contributed by atoms with Crippen LogP contribution in [0.2, 0.25) is 0 Å². The van der Waals surface area contributed by atoms with Crippen molar-refractivity contribution < 1.29 is 14.4 Å². The fourth-order valence-corrected chi connectivity index (χ4v) is 3.12. The summed E-state index contributed by atoms with van der Waals surface area (Å²) in [5.41, 5.74) is 0.610. The third-order valence-corrected chi connectivity index (χ3v) is 4.93. The van der Waals surface area contributed by atoms with Crippen LogP contribution in [-0.4, -0.2) is 47.2 Å². The van der Waals surface area contributed by atoms with Crippen molar-refractivity contribution in [1.82, 2.24) is 10.2 Å². The van der Waals surface area contributed by atoms with Gasteiger partial charge in [0.05, 0.1) is 0 Å². The maximum Gasteiger partial charge on any atom is 0.219 e. The number of carbonyl (C=O) groups is 3. The molecule has 0 aliphatic rings. The van der Waals surface area contributed by atoms with Crippen LogP contribution in [0.25, 0.3) is 0 Å². The standard InChI is InChI=1S/C19H34N2O3S/c1-16(2)19(24)25-15-11-6-5-9-13-21(18(4)23)14-10-7-8-12-20-17(3)22/h1,5-15H2,2-4H3,(H,20,22). The molecular formula is C19H34N2O3S. The summed E-state index contributed by atoms with van der Waals surface area (Å²) in [6, 6.07) is 0. The van der Waals surface area contributed by atoms with E-state index in [1.165, 1.54) is 18.7 Å². The van der Waals surface area contributed by atoms with E-state index >= 15 is 0 Å². The summed E-state index contributed by atoms with van der Waals surface area (Å²) in [4.78, 5) is 35.8. The molecule has 0 fully saturated rings. The van der Waals surface area contributed by atoms with Crippen molar-refractivity contribution in [3.63, 3.8) is 0 Å². The fraction of sp³-hybridized carbons (Fsp3) is 0.737. The maximum atomic E-state index is 11.7. The largest absolute Gasteiger partial charge is 0.356 e. The molecule has 144 valence electrons. The summed E-state index contributed by atoms with van der Waals surface area (Å²) in [5.74, 6) is 0.980. The maximum absolute atomic E-state index is 11.7. The van der Waals surface area contributed by atoms with Crippen molar-refractivity contribution in [2.45, 2.75) is 65.7 Å². The Morgan fingerprint density at radius 2 is 1.44 bits per heavy atom. The molecule has 0 rings (SSSR count). The van der Waals surface area contributed by atoms with E-state index in [0.29, 0.717) is 12.1 Å². The second-order valence-electron chi connectivity index (χ2n) is 6.38. The lowest BCUT2D eigenvalue weighted by Crippen LogP contribution is -2.31. The van der Waals surface area contributed by atoms with E-state index in [0.717, 1.165) is 63.8 Å². The molecule has 0 atom stereocenters. The molecule has 0 radical (unpaired) electrons. The van der Waals surface area contributed by atoms with Crippen LogP contribution in [0.1, 0.15) is 65.7 Å². The van der Waals surface area contributed by atoms with Crippen LogP contribution in [0.3, 0.4) is 0 Å². The lowest BCUT2D eigenvalue weighted by atomic mass is 10.2. The first kappa shape index (κ1) is 23.7. The fourth-order valence-electron chi connectivity index (χ4n) is 2.34. The van der Waals surface area contributed by atoms with Gasteiger partial charge in [-0.2, -0.15) is 0 Å². The van der Waals surface area contributed by atoms with Crippen LogP contribution in [0.15, 0.2) is 12.2 Å². The van der Waals surface area contributed by atoms with Crippen LogP contribution < -0.4 is 5.32 Å². The predicted octanol–water partition coefficient (Wildman–Crippen LogP) is 3.54. The van der Waals surface area contributed by atoms with Gasteiger partial charge in [0, 0.05) is 39.2 Å². The summed E-state index contributed by atoms with van der Waals surface area (Å²) < 4.78 is 0. The Balaban J connectivity index is 3.66. The van der Waals surface area contributed by atoms with Crippen LogP contribution in [-0.2, 0) is 14.4 Å². The first-order chi connectivity index (χ1) is 11.8. The minimum absolute atomic E-state index is 0.00718. The molecule has 0 aliphatic carbocycles. The highest BCUT2D eigenvalue weighted by Crippen LogP contribution is 2.12. The third-order valence-electron chi connectivity index (χ3n) is 3.83. The van der Waals surface area contributed by atoms with Gasteiger partial charge in [0.15, 0.2) is 0 Å². The van der Waals surface area contributed by atoms with Gasteiger partial charge in [0.2, 0.25) is 16.9 Å². The highest BCUT2D eigenvalue weighted by molar-refractivity contribution is 8.14. The third kappa shape index (κ3) is 14.7. The molecule has 0 saturated carbocycles. The average Bonchev–Trinajstić information content (AvgIpc) is 2.53. The quantitative estimate of drug-likeness (QED) is 0.375. The molecule has 25 heavy (non-hydrogen) atoms. The Hall–Kier alpha value is -1.30. The van der Waals surface area contributed by atoms with Crippen LogP contribution in [0.4, 0.5) is 0 Å². The zero-order chi connectivity index (χ0) is 19.1. The van der Waals surface area contributed by atoms with Gasteiger partial charge in [0.1, 0.15) is 0 Å². The highest BCUT2D eigenvalue weighted by Gasteiger charge is 2.08. The Labute approximate surface area is 157 Å². The number of hydrogen-bond donors (Lipinski definition) is 1. The highest BCUT2D eigenvalue weighted by atomic mass is 32.2. The topological polar surface area (TPSA) is 66.5 Å². The van der Waals surface area contributed by atoms with Gasteiger partial charge >= 0.3 is 0 Å². The molecule has 0 bridgehead atoms. The lowest BCUT2D eigenvalue weighted by Gasteiger charge is -2.21. The number of nitrogens with zero attached hydrogens (tertiary/aromatic N) is 1.